The number of imidazole rings is 1. The minimum Gasteiger partial charge on any atom is -0.495 e. The Labute approximate surface area is 110 Å². The average molecular weight is 259 g/mol. The molecular formula is C13H13N3OS. The second kappa shape index (κ2) is 5.61. The standard InChI is InChI=1S/C13H13N3OS/c1-16-6-5-15-13(16)18-9-10-3-4-12(17-2)11(7-10)8-14/h3-7H,9H2,1-2H3. The van der Waals surface area contributed by atoms with Gasteiger partial charge in [-0.25, -0.2) is 4.98 Å². The Hall–Kier alpha value is -1.93. The number of hydrogen-bond acceptors (Lipinski definition) is 4. The van der Waals surface area contributed by atoms with Crippen LogP contribution in [-0.4, -0.2) is 16.7 Å². The van der Waals surface area contributed by atoms with Gasteiger partial charge in [-0.3, -0.25) is 0 Å². The van der Waals surface area contributed by atoms with Crippen molar-refractivity contribution in [3.05, 3.63) is 41.7 Å². The van der Waals surface area contributed by atoms with Gasteiger partial charge in [0, 0.05) is 25.2 Å². The van der Waals surface area contributed by atoms with E-state index in [9.17, 15) is 0 Å². The Bertz CT molecular complexity index is 586. The van der Waals surface area contributed by atoms with Crippen molar-refractivity contribution in [3.63, 3.8) is 0 Å². The summed E-state index contributed by atoms with van der Waals surface area (Å²) in [6.07, 6.45) is 3.69. The third-order valence-electron chi connectivity index (χ3n) is 2.53. The predicted octanol–water partition coefficient (Wildman–Crippen LogP) is 2.59. The van der Waals surface area contributed by atoms with Crippen LogP contribution in [0.2, 0.25) is 0 Å². The van der Waals surface area contributed by atoms with Gasteiger partial charge in [0.1, 0.15) is 11.8 Å². The zero-order chi connectivity index (χ0) is 13.0. The number of benzene rings is 1. The lowest BCUT2D eigenvalue weighted by molar-refractivity contribution is 0.413. The Morgan fingerprint density at radius 3 is 2.94 bits per heavy atom. The lowest BCUT2D eigenvalue weighted by Gasteiger charge is -2.05. The van der Waals surface area contributed by atoms with Crippen LogP contribution < -0.4 is 4.74 Å². The molecular weight excluding hydrogens is 246 g/mol. The number of aryl methyl sites for hydroxylation is 1. The quantitative estimate of drug-likeness (QED) is 0.792. The van der Waals surface area contributed by atoms with E-state index >= 15 is 0 Å². The van der Waals surface area contributed by atoms with Crippen LogP contribution in [0.4, 0.5) is 0 Å². The lowest BCUT2D eigenvalue weighted by Crippen LogP contribution is -1.92. The maximum atomic E-state index is 9.02. The molecule has 0 atom stereocenters. The van der Waals surface area contributed by atoms with Gasteiger partial charge in [-0.1, -0.05) is 17.8 Å². The van der Waals surface area contributed by atoms with Crippen LogP contribution in [0.1, 0.15) is 11.1 Å². The van der Waals surface area contributed by atoms with Crippen LogP contribution in [0.3, 0.4) is 0 Å². The van der Waals surface area contributed by atoms with Gasteiger partial charge in [0.25, 0.3) is 0 Å². The van der Waals surface area contributed by atoms with Crippen LogP contribution in [-0.2, 0) is 12.8 Å². The molecule has 0 bridgehead atoms. The number of thioether (sulfide) groups is 1. The van der Waals surface area contributed by atoms with Crippen LogP contribution in [0, 0.1) is 11.3 Å². The van der Waals surface area contributed by atoms with E-state index in [1.807, 2.05) is 36.0 Å². The molecule has 0 saturated carbocycles. The minimum atomic E-state index is 0.565. The van der Waals surface area contributed by atoms with E-state index in [4.69, 9.17) is 10.00 Å². The first-order valence-electron chi connectivity index (χ1n) is 5.41. The van der Waals surface area contributed by atoms with E-state index in [1.54, 1.807) is 25.1 Å². The number of aromatic nitrogens is 2. The van der Waals surface area contributed by atoms with Crippen molar-refractivity contribution in [1.82, 2.24) is 9.55 Å². The molecule has 0 aliphatic carbocycles. The summed E-state index contributed by atoms with van der Waals surface area (Å²) in [6, 6.07) is 7.79. The zero-order valence-electron chi connectivity index (χ0n) is 10.3. The highest BCUT2D eigenvalue weighted by Gasteiger charge is 2.05. The fraction of sp³-hybridized carbons (Fsp3) is 0.231. The van der Waals surface area contributed by atoms with Crippen LogP contribution >= 0.6 is 11.8 Å². The van der Waals surface area contributed by atoms with Crippen LogP contribution in [0.15, 0.2) is 35.7 Å². The molecule has 2 rings (SSSR count). The van der Waals surface area contributed by atoms with E-state index in [1.165, 1.54) is 0 Å². The maximum absolute atomic E-state index is 9.02. The van der Waals surface area contributed by atoms with Crippen LogP contribution in [0.5, 0.6) is 5.75 Å². The first-order valence-corrected chi connectivity index (χ1v) is 6.40. The molecule has 5 heteroatoms. The molecule has 0 spiro atoms. The molecule has 1 heterocycles. The van der Waals surface area contributed by atoms with Crippen molar-refractivity contribution >= 4 is 11.8 Å². The van der Waals surface area contributed by atoms with Gasteiger partial charge in [-0.2, -0.15) is 5.26 Å². The van der Waals surface area contributed by atoms with Gasteiger partial charge in [0.2, 0.25) is 0 Å². The molecule has 0 saturated heterocycles. The lowest BCUT2D eigenvalue weighted by atomic mass is 10.1. The van der Waals surface area contributed by atoms with Gasteiger partial charge < -0.3 is 9.30 Å². The highest BCUT2D eigenvalue weighted by molar-refractivity contribution is 7.98. The van der Waals surface area contributed by atoms with Crippen molar-refractivity contribution in [3.8, 4) is 11.8 Å². The summed E-state index contributed by atoms with van der Waals surface area (Å²) in [4.78, 5) is 4.24. The molecule has 4 nitrogen and oxygen atoms in total. The summed E-state index contributed by atoms with van der Waals surface area (Å²) in [6.45, 7) is 0. The topological polar surface area (TPSA) is 50.8 Å². The molecule has 0 radical (unpaired) electrons. The molecule has 0 fully saturated rings. The number of methoxy groups -OCH3 is 1. The first kappa shape index (κ1) is 12.5. The Morgan fingerprint density at radius 1 is 1.50 bits per heavy atom. The van der Waals surface area contributed by atoms with Crippen molar-refractivity contribution in [2.45, 2.75) is 10.9 Å². The smallest absolute Gasteiger partial charge is 0.167 e. The first-order chi connectivity index (χ1) is 8.74. The highest BCUT2D eigenvalue weighted by atomic mass is 32.2. The summed E-state index contributed by atoms with van der Waals surface area (Å²) in [7, 11) is 3.53. The monoisotopic (exact) mass is 259 g/mol. The molecule has 1 aromatic heterocycles. The van der Waals surface area contributed by atoms with Crippen molar-refractivity contribution in [2.75, 3.05) is 7.11 Å². The third-order valence-corrected chi connectivity index (χ3v) is 3.66. The van der Waals surface area contributed by atoms with E-state index in [0.717, 1.165) is 16.5 Å². The van der Waals surface area contributed by atoms with Gasteiger partial charge in [-0.05, 0) is 17.7 Å². The molecule has 0 aliphatic heterocycles. The molecule has 2 aromatic rings. The van der Waals surface area contributed by atoms with Crippen molar-refractivity contribution in [2.24, 2.45) is 7.05 Å². The molecule has 18 heavy (non-hydrogen) atoms. The Balaban J connectivity index is 2.11. The fourth-order valence-corrected chi connectivity index (χ4v) is 2.45. The number of nitriles is 1. The molecule has 0 aliphatic rings. The minimum absolute atomic E-state index is 0.565. The van der Waals surface area contributed by atoms with E-state index in [2.05, 4.69) is 11.1 Å². The Morgan fingerprint density at radius 2 is 2.33 bits per heavy atom. The normalized spacial score (nSPS) is 10.1. The summed E-state index contributed by atoms with van der Waals surface area (Å²) in [5.41, 5.74) is 1.65. The number of hydrogen-bond donors (Lipinski definition) is 0. The molecule has 0 N–H and O–H groups in total. The zero-order valence-corrected chi connectivity index (χ0v) is 11.1. The molecule has 92 valence electrons. The molecule has 1 aromatic carbocycles. The van der Waals surface area contributed by atoms with E-state index in [-0.39, 0.29) is 0 Å². The molecule has 0 unspecified atom stereocenters. The van der Waals surface area contributed by atoms with Gasteiger partial charge in [-0.15, -0.1) is 0 Å². The van der Waals surface area contributed by atoms with E-state index < -0.39 is 0 Å². The third kappa shape index (κ3) is 2.66. The second-order valence-corrected chi connectivity index (χ2v) is 4.70. The van der Waals surface area contributed by atoms with E-state index in [0.29, 0.717) is 11.3 Å². The number of rotatable bonds is 4. The average Bonchev–Trinajstić information content (AvgIpc) is 2.81. The number of nitrogens with zero attached hydrogens (tertiary/aromatic N) is 3. The van der Waals surface area contributed by atoms with Gasteiger partial charge >= 0.3 is 0 Å². The van der Waals surface area contributed by atoms with Crippen molar-refractivity contribution in [1.29, 1.82) is 5.26 Å². The predicted molar refractivity (Wildman–Crippen MR) is 70.5 cm³/mol. The highest BCUT2D eigenvalue weighted by Crippen LogP contribution is 2.24. The SMILES string of the molecule is COc1ccc(CSc2nccn2C)cc1C#N. The summed E-state index contributed by atoms with van der Waals surface area (Å²) in [5.74, 6) is 1.40. The maximum Gasteiger partial charge on any atom is 0.167 e. The summed E-state index contributed by atoms with van der Waals surface area (Å²) in [5, 5.41) is 9.98. The Kier molecular flexibility index (Phi) is 3.90. The summed E-state index contributed by atoms with van der Waals surface area (Å²) < 4.78 is 7.09. The van der Waals surface area contributed by atoms with Gasteiger partial charge in [0.05, 0.1) is 12.7 Å². The fourth-order valence-electron chi connectivity index (χ4n) is 1.57. The van der Waals surface area contributed by atoms with Gasteiger partial charge in [0.15, 0.2) is 5.16 Å². The number of ether oxygens (including phenoxy) is 1. The van der Waals surface area contributed by atoms with Crippen LogP contribution in [0.25, 0.3) is 0 Å². The second-order valence-electron chi connectivity index (χ2n) is 3.76. The molecule has 0 amide bonds. The van der Waals surface area contributed by atoms with Crippen molar-refractivity contribution < 1.29 is 4.74 Å². The largest absolute Gasteiger partial charge is 0.495 e. The summed E-state index contributed by atoms with van der Waals surface area (Å²) >= 11 is 1.64.